The van der Waals surface area contributed by atoms with E-state index in [4.69, 9.17) is 9.47 Å². The van der Waals surface area contributed by atoms with Crippen LogP contribution in [0.15, 0.2) is 30.6 Å². The number of phenols is 1. The third-order valence-electron chi connectivity index (χ3n) is 4.91. The molecule has 0 saturated heterocycles. The number of phenolic OH excluding ortho intramolecular Hbond substituents is 1. The summed E-state index contributed by atoms with van der Waals surface area (Å²) in [5.41, 5.74) is 0.966. The van der Waals surface area contributed by atoms with E-state index in [-0.39, 0.29) is 23.3 Å². The maximum Gasteiger partial charge on any atom is 0.261 e. The number of aromatic hydroxyl groups is 1. The van der Waals surface area contributed by atoms with Gasteiger partial charge in [-0.2, -0.15) is 0 Å². The zero-order chi connectivity index (χ0) is 22.7. The number of nitrogens with one attached hydrogen (secondary N) is 2. The van der Waals surface area contributed by atoms with Gasteiger partial charge in [-0.15, -0.1) is 0 Å². The van der Waals surface area contributed by atoms with Crippen molar-refractivity contribution >= 4 is 28.3 Å². The first-order valence-electron chi connectivity index (χ1n) is 9.72. The molecule has 0 bridgehead atoms. The molecule has 1 heterocycles. The minimum absolute atomic E-state index is 0.0375. The number of rotatable bonds is 7. The van der Waals surface area contributed by atoms with Crippen LogP contribution < -0.4 is 20.1 Å². The number of amides is 1. The van der Waals surface area contributed by atoms with Crippen molar-refractivity contribution in [3.05, 3.63) is 42.0 Å². The van der Waals surface area contributed by atoms with Crippen molar-refractivity contribution in [2.24, 2.45) is 5.92 Å². The molecule has 2 aromatic carbocycles. The molecule has 0 spiro atoms. The van der Waals surface area contributed by atoms with Crippen LogP contribution in [0.2, 0.25) is 0 Å². The van der Waals surface area contributed by atoms with Gasteiger partial charge in [0.05, 0.1) is 18.3 Å². The molecule has 0 saturated carbocycles. The van der Waals surface area contributed by atoms with Crippen LogP contribution in [0.4, 0.5) is 15.9 Å². The number of carbonyl (C=O) groups is 1. The van der Waals surface area contributed by atoms with Crippen molar-refractivity contribution in [3.8, 4) is 17.2 Å². The summed E-state index contributed by atoms with van der Waals surface area (Å²) in [6.45, 7) is 5.36. The van der Waals surface area contributed by atoms with E-state index in [1.807, 2.05) is 13.8 Å². The standard InChI is InChI=1S/C22H25FN4O4/c1-11(2)20(22(29)24-4)31-18-9-15-13(8-17(18)30-5)21(26-10-25-15)27-19-12(3)16(28)7-6-14(19)23/h6-11,20,28H,1-5H3,(H,24,29)(H,25,26,27). The van der Waals surface area contributed by atoms with Gasteiger partial charge < -0.3 is 25.2 Å². The minimum atomic E-state index is -0.722. The first kappa shape index (κ1) is 22.1. The molecule has 3 aromatic rings. The fourth-order valence-electron chi connectivity index (χ4n) is 3.13. The highest BCUT2D eigenvalue weighted by Crippen LogP contribution is 2.37. The van der Waals surface area contributed by atoms with Gasteiger partial charge in [-0.3, -0.25) is 4.79 Å². The second-order valence-electron chi connectivity index (χ2n) is 7.33. The molecule has 164 valence electrons. The van der Waals surface area contributed by atoms with Gasteiger partial charge in [-0.25, -0.2) is 14.4 Å². The van der Waals surface area contributed by atoms with Gasteiger partial charge in [0.25, 0.3) is 5.91 Å². The van der Waals surface area contributed by atoms with E-state index in [2.05, 4.69) is 20.6 Å². The largest absolute Gasteiger partial charge is 0.508 e. The van der Waals surface area contributed by atoms with Crippen LogP contribution in [0.5, 0.6) is 17.2 Å². The van der Waals surface area contributed by atoms with E-state index in [0.29, 0.717) is 33.8 Å². The average Bonchev–Trinajstić information content (AvgIpc) is 2.76. The van der Waals surface area contributed by atoms with Gasteiger partial charge >= 0.3 is 0 Å². The van der Waals surface area contributed by atoms with Crippen LogP contribution in [0.3, 0.4) is 0 Å². The summed E-state index contributed by atoms with van der Waals surface area (Å²) in [5, 5.41) is 16.0. The quantitative estimate of drug-likeness (QED) is 0.527. The van der Waals surface area contributed by atoms with Crippen LogP contribution in [0, 0.1) is 18.7 Å². The topological polar surface area (TPSA) is 106 Å². The van der Waals surface area contributed by atoms with E-state index in [0.717, 1.165) is 0 Å². The van der Waals surface area contributed by atoms with Crippen LogP contribution >= 0.6 is 0 Å². The summed E-state index contributed by atoms with van der Waals surface area (Å²) in [7, 11) is 3.03. The molecule has 0 fully saturated rings. The number of benzene rings is 2. The number of aromatic nitrogens is 2. The third-order valence-corrected chi connectivity index (χ3v) is 4.91. The van der Waals surface area contributed by atoms with Crippen molar-refractivity contribution in [2.75, 3.05) is 19.5 Å². The van der Waals surface area contributed by atoms with Crippen LogP contribution in [-0.2, 0) is 4.79 Å². The van der Waals surface area contributed by atoms with Crippen LogP contribution in [0.1, 0.15) is 19.4 Å². The molecule has 1 atom stereocenters. The second kappa shape index (κ2) is 9.03. The van der Waals surface area contributed by atoms with Crippen LogP contribution in [-0.4, -0.2) is 41.2 Å². The van der Waals surface area contributed by atoms with Gasteiger partial charge in [0, 0.05) is 24.1 Å². The maximum atomic E-state index is 14.4. The van der Waals surface area contributed by atoms with Crippen molar-refractivity contribution in [3.63, 3.8) is 0 Å². The number of anilines is 2. The van der Waals surface area contributed by atoms with E-state index >= 15 is 0 Å². The zero-order valence-electron chi connectivity index (χ0n) is 18.0. The Kier molecular flexibility index (Phi) is 6.43. The number of carbonyl (C=O) groups excluding carboxylic acids is 1. The number of methoxy groups -OCH3 is 1. The minimum Gasteiger partial charge on any atom is -0.508 e. The number of hydrogen-bond donors (Lipinski definition) is 3. The van der Waals surface area contributed by atoms with E-state index in [9.17, 15) is 14.3 Å². The SMILES string of the molecule is CNC(=O)C(Oc1cc2ncnc(Nc3c(F)ccc(O)c3C)c2cc1OC)C(C)C. The Bertz CT molecular complexity index is 1120. The van der Waals surface area contributed by atoms with E-state index < -0.39 is 11.9 Å². The normalized spacial score (nSPS) is 12.0. The number of ether oxygens (including phenoxy) is 2. The third kappa shape index (κ3) is 4.45. The highest BCUT2D eigenvalue weighted by molar-refractivity contribution is 5.93. The molecule has 31 heavy (non-hydrogen) atoms. The van der Waals surface area contributed by atoms with Gasteiger partial charge in [-0.1, -0.05) is 13.8 Å². The van der Waals surface area contributed by atoms with Crippen molar-refractivity contribution in [2.45, 2.75) is 26.9 Å². The molecule has 0 radical (unpaired) electrons. The summed E-state index contributed by atoms with van der Waals surface area (Å²) in [4.78, 5) is 20.7. The van der Waals surface area contributed by atoms with Gasteiger partial charge in [-0.05, 0) is 31.0 Å². The lowest BCUT2D eigenvalue weighted by molar-refractivity contribution is -0.129. The molecule has 9 heteroatoms. The van der Waals surface area contributed by atoms with Crippen molar-refractivity contribution < 1.29 is 23.8 Å². The molecule has 0 aliphatic rings. The number of fused-ring (bicyclic) bond motifs is 1. The maximum absolute atomic E-state index is 14.4. The lowest BCUT2D eigenvalue weighted by Gasteiger charge is -2.22. The highest BCUT2D eigenvalue weighted by Gasteiger charge is 2.25. The molecule has 8 nitrogen and oxygen atoms in total. The highest BCUT2D eigenvalue weighted by atomic mass is 19.1. The monoisotopic (exact) mass is 428 g/mol. The Labute approximate surface area is 179 Å². The second-order valence-corrected chi connectivity index (χ2v) is 7.33. The first-order valence-corrected chi connectivity index (χ1v) is 9.72. The lowest BCUT2D eigenvalue weighted by atomic mass is 10.1. The predicted molar refractivity (Wildman–Crippen MR) is 115 cm³/mol. The lowest BCUT2D eigenvalue weighted by Crippen LogP contribution is -2.40. The summed E-state index contributed by atoms with van der Waals surface area (Å²) >= 11 is 0. The number of nitrogens with zero attached hydrogens (tertiary/aromatic N) is 2. The summed E-state index contributed by atoms with van der Waals surface area (Å²) in [5.74, 6) is 0.143. The first-order chi connectivity index (χ1) is 14.8. The number of likely N-dealkylation sites (N-methyl/N-ethyl adjacent to an activating group) is 1. The van der Waals surface area contributed by atoms with Crippen molar-refractivity contribution in [1.29, 1.82) is 0 Å². The molecular formula is C22H25FN4O4. The van der Waals surface area contributed by atoms with Gasteiger partial charge in [0.1, 0.15) is 23.7 Å². The Morgan fingerprint density at radius 2 is 1.94 bits per heavy atom. The number of halogens is 1. The fraction of sp³-hybridized carbons (Fsp3) is 0.318. The summed E-state index contributed by atoms with van der Waals surface area (Å²) in [6.07, 6.45) is 0.607. The van der Waals surface area contributed by atoms with Crippen molar-refractivity contribution in [1.82, 2.24) is 15.3 Å². The smallest absolute Gasteiger partial charge is 0.261 e. The predicted octanol–water partition coefficient (Wildman–Crippen LogP) is 3.68. The average molecular weight is 428 g/mol. The Balaban J connectivity index is 2.07. The molecular weight excluding hydrogens is 403 g/mol. The molecule has 0 aliphatic heterocycles. The number of hydrogen-bond acceptors (Lipinski definition) is 7. The summed E-state index contributed by atoms with van der Waals surface area (Å²) in [6, 6.07) is 5.76. The molecule has 0 aliphatic carbocycles. The van der Waals surface area contributed by atoms with Gasteiger partial charge in [0.2, 0.25) is 0 Å². The van der Waals surface area contributed by atoms with Gasteiger partial charge in [0.15, 0.2) is 17.6 Å². The van der Waals surface area contributed by atoms with E-state index in [1.165, 1.54) is 25.6 Å². The Morgan fingerprint density at radius 3 is 2.58 bits per heavy atom. The molecule has 1 aromatic heterocycles. The summed E-state index contributed by atoms with van der Waals surface area (Å²) < 4.78 is 25.8. The van der Waals surface area contributed by atoms with Crippen LogP contribution in [0.25, 0.3) is 10.9 Å². The Hall–Kier alpha value is -3.62. The molecule has 1 amide bonds. The zero-order valence-corrected chi connectivity index (χ0v) is 18.0. The Morgan fingerprint density at radius 1 is 1.19 bits per heavy atom. The molecule has 1 unspecified atom stereocenters. The fourth-order valence-corrected chi connectivity index (χ4v) is 3.13. The molecule has 3 N–H and O–H groups in total. The van der Waals surface area contributed by atoms with E-state index in [1.54, 1.807) is 26.1 Å². The molecule has 3 rings (SSSR count).